The number of ether oxygens (including phenoxy) is 1. The molecule has 0 bridgehead atoms. The predicted octanol–water partition coefficient (Wildman–Crippen LogP) is 4.79. The highest BCUT2D eigenvalue weighted by molar-refractivity contribution is 8.14. The molecule has 0 amide bonds. The van der Waals surface area contributed by atoms with Crippen LogP contribution in [0.1, 0.15) is 40.5 Å². The van der Waals surface area contributed by atoms with Gasteiger partial charge in [0.1, 0.15) is 5.75 Å². The number of anilines is 1. The van der Waals surface area contributed by atoms with E-state index >= 15 is 0 Å². The van der Waals surface area contributed by atoms with E-state index in [4.69, 9.17) is 9.73 Å². The summed E-state index contributed by atoms with van der Waals surface area (Å²) in [6, 6.07) is 8.51. The van der Waals surface area contributed by atoms with Crippen molar-refractivity contribution in [1.82, 2.24) is 0 Å². The SMILES string of the molecule is CCCOc1ccc(NC2=NC(C(C)(C)C)CCS2)cc1. The molecule has 0 saturated heterocycles. The van der Waals surface area contributed by atoms with Crippen LogP contribution in [0.25, 0.3) is 0 Å². The minimum Gasteiger partial charge on any atom is -0.494 e. The monoisotopic (exact) mass is 306 g/mol. The number of hydrogen-bond donors (Lipinski definition) is 1. The summed E-state index contributed by atoms with van der Waals surface area (Å²) in [5, 5.41) is 4.45. The van der Waals surface area contributed by atoms with Crippen molar-refractivity contribution in [1.29, 1.82) is 0 Å². The lowest BCUT2D eigenvalue weighted by Crippen LogP contribution is -2.30. The van der Waals surface area contributed by atoms with Crippen LogP contribution in [0.3, 0.4) is 0 Å². The van der Waals surface area contributed by atoms with E-state index in [0.29, 0.717) is 6.04 Å². The summed E-state index contributed by atoms with van der Waals surface area (Å²) in [4.78, 5) is 4.86. The topological polar surface area (TPSA) is 33.6 Å². The maximum atomic E-state index is 5.60. The second-order valence-electron chi connectivity index (χ2n) is 6.45. The van der Waals surface area contributed by atoms with Crippen LogP contribution in [0.4, 0.5) is 5.69 Å². The number of benzene rings is 1. The summed E-state index contributed by atoms with van der Waals surface area (Å²) < 4.78 is 5.60. The third-order valence-corrected chi connectivity index (χ3v) is 4.40. The van der Waals surface area contributed by atoms with Gasteiger partial charge in [0.05, 0.1) is 12.6 Å². The zero-order chi connectivity index (χ0) is 15.3. The fourth-order valence-corrected chi connectivity index (χ4v) is 3.11. The molecule has 0 fully saturated rings. The van der Waals surface area contributed by atoms with Crippen molar-refractivity contribution in [3.8, 4) is 5.75 Å². The third-order valence-electron chi connectivity index (χ3n) is 3.48. The molecule has 0 aromatic heterocycles. The third kappa shape index (κ3) is 4.95. The first-order chi connectivity index (χ1) is 9.99. The minimum atomic E-state index is 0.228. The zero-order valence-corrected chi connectivity index (χ0v) is 14.3. The van der Waals surface area contributed by atoms with Gasteiger partial charge in [0.2, 0.25) is 0 Å². The zero-order valence-electron chi connectivity index (χ0n) is 13.5. The summed E-state index contributed by atoms with van der Waals surface area (Å²) in [5.74, 6) is 2.05. The summed E-state index contributed by atoms with van der Waals surface area (Å²) in [5.41, 5.74) is 1.30. The van der Waals surface area contributed by atoms with Gasteiger partial charge in [-0.25, -0.2) is 0 Å². The highest BCUT2D eigenvalue weighted by atomic mass is 32.2. The van der Waals surface area contributed by atoms with Crippen LogP contribution in [-0.2, 0) is 0 Å². The first-order valence-corrected chi connectivity index (χ1v) is 8.68. The Hall–Kier alpha value is -1.16. The van der Waals surface area contributed by atoms with E-state index in [-0.39, 0.29) is 5.41 Å². The Kier molecular flexibility index (Phi) is 5.57. The lowest BCUT2D eigenvalue weighted by Gasteiger charge is -2.31. The molecule has 21 heavy (non-hydrogen) atoms. The van der Waals surface area contributed by atoms with Gasteiger partial charge in [0.15, 0.2) is 5.17 Å². The molecule has 1 heterocycles. The van der Waals surface area contributed by atoms with Gasteiger partial charge in [-0.3, -0.25) is 4.99 Å². The highest BCUT2D eigenvalue weighted by Gasteiger charge is 2.27. The Morgan fingerprint density at radius 3 is 2.62 bits per heavy atom. The minimum absolute atomic E-state index is 0.228. The Morgan fingerprint density at radius 1 is 1.29 bits per heavy atom. The van der Waals surface area contributed by atoms with Crippen molar-refractivity contribution in [2.75, 3.05) is 17.7 Å². The molecule has 0 radical (unpaired) electrons. The van der Waals surface area contributed by atoms with E-state index < -0.39 is 0 Å². The molecule has 116 valence electrons. The molecule has 1 aliphatic rings. The number of amidine groups is 1. The van der Waals surface area contributed by atoms with Crippen molar-refractivity contribution >= 4 is 22.6 Å². The normalized spacial score (nSPS) is 19.0. The maximum absolute atomic E-state index is 5.60. The first kappa shape index (κ1) is 16.2. The Labute approximate surface area is 132 Å². The van der Waals surface area contributed by atoms with Crippen molar-refractivity contribution in [3.63, 3.8) is 0 Å². The molecular weight excluding hydrogens is 280 g/mol. The molecule has 1 aromatic rings. The molecule has 1 unspecified atom stereocenters. The molecule has 0 saturated carbocycles. The molecule has 1 aromatic carbocycles. The van der Waals surface area contributed by atoms with Gasteiger partial charge in [-0.2, -0.15) is 0 Å². The average molecular weight is 306 g/mol. The average Bonchev–Trinajstić information content (AvgIpc) is 2.46. The summed E-state index contributed by atoms with van der Waals surface area (Å²) >= 11 is 1.80. The standard InChI is InChI=1S/C17H26N2OS/c1-5-11-20-14-8-6-13(7-9-14)18-16-19-15(10-12-21-16)17(2,3)4/h6-9,15H,5,10-12H2,1-4H3,(H,18,19). The van der Waals surface area contributed by atoms with E-state index in [9.17, 15) is 0 Å². The number of hydrogen-bond acceptors (Lipinski definition) is 4. The molecular formula is C17H26N2OS. The molecule has 4 heteroatoms. The quantitative estimate of drug-likeness (QED) is 0.868. The lowest BCUT2D eigenvalue weighted by molar-refractivity contribution is 0.316. The molecule has 1 atom stereocenters. The van der Waals surface area contributed by atoms with Gasteiger partial charge >= 0.3 is 0 Å². The second kappa shape index (κ2) is 7.21. The lowest BCUT2D eigenvalue weighted by atomic mass is 9.85. The fraction of sp³-hybridized carbons (Fsp3) is 0.588. The molecule has 0 spiro atoms. The van der Waals surface area contributed by atoms with Crippen molar-refractivity contribution in [2.45, 2.75) is 46.6 Å². The molecule has 1 N–H and O–H groups in total. The van der Waals surface area contributed by atoms with Crippen LogP contribution < -0.4 is 10.1 Å². The maximum Gasteiger partial charge on any atom is 0.161 e. The highest BCUT2D eigenvalue weighted by Crippen LogP contribution is 2.31. The predicted molar refractivity (Wildman–Crippen MR) is 93.6 cm³/mol. The molecule has 0 aliphatic carbocycles. The summed E-state index contributed by atoms with van der Waals surface area (Å²) in [6.07, 6.45) is 2.19. The smallest absolute Gasteiger partial charge is 0.161 e. The van der Waals surface area contributed by atoms with Crippen LogP contribution >= 0.6 is 11.8 Å². The molecule has 2 rings (SSSR count). The van der Waals surface area contributed by atoms with Gasteiger partial charge < -0.3 is 10.1 Å². The van der Waals surface area contributed by atoms with E-state index in [2.05, 4.69) is 45.1 Å². The van der Waals surface area contributed by atoms with Gasteiger partial charge in [-0.1, -0.05) is 39.5 Å². The van der Waals surface area contributed by atoms with Crippen molar-refractivity contribution in [2.24, 2.45) is 10.4 Å². The summed E-state index contributed by atoms with van der Waals surface area (Å²) in [7, 11) is 0. The number of thioether (sulfide) groups is 1. The number of aliphatic imine (C=N–C) groups is 1. The van der Waals surface area contributed by atoms with Crippen LogP contribution in [0, 0.1) is 5.41 Å². The number of nitrogens with zero attached hydrogens (tertiary/aromatic N) is 1. The van der Waals surface area contributed by atoms with E-state index in [1.54, 1.807) is 11.8 Å². The van der Waals surface area contributed by atoms with Gasteiger partial charge in [0, 0.05) is 11.4 Å². The van der Waals surface area contributed by atoms with Crippen LogP contribution in [-0.4, -0.2) is 23.6 Å². The number of rotatable bonds is 4. The van der Waals surface area contributed by atoms with Crippen molar-refractivity contribution < 1.29 is 4.74 Å². The first-order valence-electron chi connectivity index (χ1n) is 7.69. The fourth-order valence-electron chi connectivity index (χ4n) is 2.18. The van der Waals surface area contributed by atoms with E-state index in [1.165, 1.54) is 0 Å². The van der Waals surface area contributed by atoms with Gasteiger partial charge in [0.25, 0.3) is 0 Å². The number of nitrogens with one attached hydrogen (secondary N) is 1. The van der Waals surface area contributed by atoms with Crippen molar-refractivity contribution in [3.05, 3.63) is 24.3 Å². The van der Waals surface area contributed by atoms with Crippen LogP contribution in [0.5, 0.6) is 5.75 Å². The molecule has 1 aliphatic heterocycles. The summed E-state index contributed by atoms with van der Waals surface area (Å²) in [6.45, 7) is 9.65. The van der Waals surface area contributed by atoms with Gasteiger partial charge in [-0.05, 0) is 42.5 Å². The largest absolute Gasteiger partial charge is 0.494 e. The Bertz CT molecular complexity index is 477. The van der Waals surface area contributed by atoms with Crippen LogP contribution in [0.15, 0.2) is 29.3 Å². The van der Waals surface area contributed by atoms with E-state index in [0.717, 1.165) is 41.8 Å². The Balaban J connectivity index is 1.99. The molecule has 3 nitrogen and oxygen atoms in total. The Morgan fingerprint density at radius 2 is 2.00 bits per heavy atom. The van der Waals surface area contributed by atoms with Gasteiger partial charge in [-0.15, -0.1) is 0 Å². The van der Waals surface area contributed by atoms with Crippen LogP contribution in [0.2, 0.25) is 0 Å². The second-order valence-corrected chi connectivity index (χ2v) is 7.53. The van der Waals surface area contributed by atoms with E-state index in [1.807, 2.05) is 12.1 Å².